The number of urea groups is 1. The van der Waals surface area contributed by atoms with Gasteiger partial charge in [0.25, 0.3) is 0 Å². The lowest BCUT2D eigenvalue weighted by Gasteiger charge is -2.36. The fraction of sp³-hybridized carbons (Fsp3) is 0.583. The molecule has 0 saturated carbocycles. The second-order valence-electron chi connectivity index (χ2n) is 4.14. The lowest BCUT2D eigenvalue weighted by atomic mass is 9.78. The SMILES string of the molecule is CC/C=C/CC1(CC)C(=O)NC(=O)N(C)C1=O. The van der Waals surface area contributed by atoms with Crippen LogP contribution < -0.4 is 5.32 Å². The number of barbiturate groups is 1. The first-order chi connectivity index (χ1) is 7.99. The van der Waals surface area contributed by atoms with Gasteiger partial charge in [0, 0.05) is 7.05 Å². The monoisotopic (exact) mass is 238 g/mol. The molecule has 5 nitrogen and oxygen atoms in total. The highest BCUT2D eigenvalue weighted by Crippen LogP contribution is 2.32. The average molecular weight is 238 g/mol. The van der Waals surface area contributed by atoms with E-state index < -0.39 is 23.3 Å². The summed E-state index contributed by atoms with van der Waals surface area (Å²) >= 11 is 0. The molecule has 94 valence electrons. The van der Waals surface area contributed by atoms with Gasteiger partial charge in [-0.05, 0) is 19.3 Å². The second-order valence-corrected chi connectivity index (χ2v) is 4.14. The summed E-state index contributed by atoms with van der Waals surface area (Å²) in [6, 6.07) is -0.649. The molecule has 0 aromatic carbocycles. The third-order valence-electron chi connectivity index (χ3n) is 3.15. The molecular weight excluding hydrogens is 220 g/mol. The van der Waals surface area contributed by atoms with Crippen molar-refractivity contribution in [1.82, 2.24) is 10.2 Å². The molecule has 17 heavy (non-hydrogen) atoms. The van der Waals surface area contributed by atoms with E-state index in [2.05, 4.69) is 5.32 Å². The third-order valence-corrected chi connectivity index (χ3v) is 3.15. The zero-order valence-electron chi connectivity index (χ0n) is 10.4. The summed E-state index contributed by atoms with van der Waals surface area (Å²) in [4.78, 5) is 36.3. The predicted octanol–water partition coefficient (Wildman–Crippen LogP) is 1.45. The van der Waals surface area contributed by atoms with E-state index in [4.69, 9.17) is 0 Å². The van der Waals surface area contributed by atoms with Gasteiger partial charge < -0.3 is 0 Å². The number of carbonyl (C=O) groups excluding carboxylic acids is 3. The van der Waals surface area contributed by atoms with E-state index in [9.17, 15) is 14.4 Å². The Hall–Kier alpha value is -1.65. The Morgan fingerprint density at radius 1 is 1.24 bits per heavy atom. The minimum absolute atomic E-state index is 0.333. The highest BCUT2D eigenvalue weighted by molar-refractivity contribution is 6.19. The molecule has 0 bridgehead atoms. The lowest BCUT2D eigenvalue weighted by Crippen LogP contribution is -2.62. The van der Waals surface area contributed by atoms with Crippen LogP contribution >= 0.6 is 0 Å². The summed E-state index contributed by atoms with van der Waals surface area (Å²) in [5.74, 6) is -0.914. The number of nitrogens with zero attached hydrogens (tertiary/aromatic N) is 1. The standard InChI is InChI=1S/C12H18N2O3/c1-4-6-7-8-12(5-2)9(15)13-11(17)14(3)10(12)16/h6-7H,4-5,8H2,1-3H3,(H,13,15,17)/b7-6+. The number of hydrogen-bond acceptors (Lipinski definition) is 3. The van der Waals surface area contributed by atoms with Gasteiger partial charge in [0.05, 0.1) is 0 Å². The van der Waals surface area contributed by atoms with Crippen LogP contribution in [0.25, 0.3) is 0 Å². The Morgan fingerprint density at radius 3 is 2.41 bits per heavy atom. The number of allylic oxidation sites excluding steroid dienone is 2. The van der Waals surface area contributed by atoms with Crippen molar-refractivity contribution in [3.63, 3.8) is 0 Å². The summed E-state index contributed by atoms with van der Waals surface area (Å²) in [7, 11) is 1.39. The molecule has 5 heteroatoms. The van der Waals surface area contributed by atoms with Crippen molar-refractivity contribution in [3.05, 3.63) is 12.2 Å². The van der Waals surface area contributed by atoms with Gasteiger partial charge >= 0.3 is 6.03 Å². The molecule has 4 amide bonds. The summed E-state index contributed by atoms with van der Waals surface area (Å²) in [6.07, 6.45) is 5.30. The van der Waals surface area contributed by atoms with Crippen molar-refractivity contribution >= 4 is 17.8 Å². The van der Waals surface area contributed by atoms with Crippen molar-refractivity contribution in [2.45, 2.75) is 33.1 Å². The molecule has 1 saturated heterocycles. The minimum Gasteiger partial charge on any atom is -0.277 e. The topological polar surface area (TPSA) is 66.5 Å². The van der Waals surface area contributed by atoms with Crippen LogP contribution in [-0.2, 0) is 9.59 Å². The molecule has 1 aliphatic rings. The number of rotatable bonds is 4. The molecule has 1 rings (SSSR count). The molecule has 1 atom stereocenters. The molecule has 1 heterocycles. The maximum absolute atomic E-state index is 12.1. The second kappa shape index (κ2) is 5.12. The third kappa shape index (κ3) is 2.23. The molecule has 1 unspecified atom stereocenters. The van der Waals surface area contributed by atoms with Crippen molar-refractivity contribution in [1.29, 1.82) is 0 Å². The smallest absolute Gasteiger partial charge is 0.277 e. The van der Waals surface area contributed by atoms with Crippen molar-refractivity contribution in [3.8, 4) is 0 Å². The van der Waals surface area contributed by atoms with E-state index in [-0.39, 0.29) is 0 Å². The van der Waals surface area contributed by atoms with Crippen molar-refractivity contribution < 1.29 is 14.4 Å². The Balaban J connectivity index is 3.02. The lowest BCUT2D eigenvalue weighted by molar-refractivity contribution is -0.150. The Bertz CT molecular complexity index is 376. The largest absolute Gasteiger partial charge is 0.330 e. The van der Waals surface area contributed by atoms with E-state index in [1.165, 1.54) is 7.05 Å². The van der Waals surface area contributed by atoms with Crippen LogP contribution in [0, 0.1) is 5.41 Å². The fourth-order valence-electron chi connectivity index (χ4n) is 1.90. The first-order valence-corrected chi connectivity index (χ1v) is 5.78. The van der Waals surface area contributed by atoms with Crippen LogP contribution in [0.5, 0.6) is 0 Å². The first kappa shape index (κ1) is 13.4. The van der Waals surface area contributed by atoms with Gasteiger partial charge in [-0.2, -0.15) is 0 Å². The van der Waals surface area contributed by atoms with Gasteiger partial charge in [-0.3, -0.25) is 19.8 Å². The van der Waals surface area contributed by atoms with Gasteiger partial charge in [0.2, 0.25) is 11.8 Å². The average Bonchev–Trinajstić information content (AvgIpc) is 2.31. The Morgan fingerprint density at radius 2 is 1.88 bits per heavy atom. The highest BCUT2D eigenvalue weighted by atomic mass is 16.2. The summed E-state index contributed by atoms with van der Waals surface area (Å²) in [6.45, 7) is 3.76. The van der Waals surface area contributed by atoms with E-state index in [0.29, 0.717) is 12.8 Å². The van der Waals surface area contributed by atoms with E-state index in [0.717, 1.165) is 11.3 Å². The fourth-order valence-corrected chi connectivity index (χ4v) is 1.90. The van der Waals surface area contributed by atoms with Gasteiger partial charge in [0.15, 0.2) is 0 Å². The maximum Gasteiger partial charge on any atom is 0.330 e. The molecule has 1 fully saturated rings. The molecule has 1 aliphatic heterocycles. The Labute approximate surface area is 101 Å². The number of carbonyl (C=O) groups is 3. The van der Waals surface area contributed by atoms with Crippen LogP contribution in [0.1, 0.15) is 33.1 Å². The number of imide groups is 2. The molecule has 0 aromatic heterocycles. The van der Waals surface area contributed by atoms with Crippen molar-refractivity contribution in [2.24, 2.45) is 5.41 Å². The van der Waals surface area contributed by atoms with Gasteiger partial charge in [-0.15, -0.1) is 0 Å². The molecule has 0 radical (unpaired) electrons. The zero-order valence-corrected chi connectivity index (χ0v) is 10.4. The number of amides is 4. The summed E-state index contributed by atoms with van der Waals surface area (Å²) < 4.78 is 0. The van der Waals surface area contributed by atoms with Gasteiger partial charge in [-0.25, -0.2) is 4.79 Å². The molecular formula is C12H18N2O3. The van der Waals surface area contributed by atoms with Crippen LogP contribution in [0.2, 0.25) is 0 Å². The van der Waals surface area contributed by atoms with Crippen LogP contribution in [0.4, 0.5) is 4.79 Å². The first-order valence-electron chi connectivity index (χ1n) is 5.78. The summed E-state index contributed by atoms with van der Waals surface area (Å²) in [5.41, 5.74) is -1.13. The van der Waals surface area contributed by atoms with E-state index in [1.807, 2.05) is 19.1 Å². The van der Waals surface area contributed by atoms with Crippen LogP contribution in [0.15, 0.2) is 12.2 Å². The molecule has 1 N–H and O–H groups in total. The van der Waals surface area contributed by atoms with E-state index in [1.54, 1.807) is 6.92 Å². The molecule has 0 aromatic rings. The predicted molar refractivity (Wildman–Crippen MR) is 63.1 cm³/mol. The molecule has 0 aliphatic carbocycles. The normalized spacial score (nSPS) is 25.6. The van der Waals surface area contributed by atoms with Crippen molar-refractivity contribution in [2.75, 3.05) is 7.05 Å². The summed E-state index contributed by atoms with van der Waals surface area (Å²) in [5, 5.41) is 2.22. The quantitative estimate of drug-likeness (QED) is 0.595. The van der Waals surface area contributed by atoms with Gasteiger partial charge in [0.1, 0.15) is 5.41 Å². The minimum atomic E-state index is -1.13. The van der Waals surface area contributed by atoms with Gasteiger partial charge in [-0.1, -0.05) is 26.0 Å². The highest BCUT2D eigenvalue weighted by Gasteiger charge is 2.50. The number of nitrogens with one attached hydrogen (secondary N) is 1. The van der Waals surface area contributed by atoms with Crippen LogP contribution in [-0.4, -0.2) is 29.8 Å². The Kier molecular flexibility index (Phi) is 4.04. The zero-order chi connectivity index (χ0) is 13.1. The maximum atomic E-state index is 12.1. The van der Waals surface area contributed by atoms with Crippen LogP contribution in [0.3, 0.4) is 0 Å². The number of hydrogen-bond donors (Lipinski definition) is 1. The van der Waals surface area contributed by atoms with E-state index >= 15 is 0 Å². The molecule has 0 spiro atoms.